The Morgan fingerprint density at radius 1 is 0.615 bits per heavy atom. The summed E-state index contributed by atoms with van der Waals surface area (Å²) in [5.74, 6) is -0.994. The van der Waals surface area contributed by atoms with Gasteiger partial charge in [0.1, 0.15) is 11.4 Å². The van der Waals surface area contributed by atoms with Crippen molar-refractivity contribution in [2.45, 2.75) is 13.8 Å². The summed E-state index contributed by atoms with van der Waals surface area (Å²) in [6.07, 6.45) is 0. The zero-order chi connectivity index (χ0) is 18.0. The Morgan fingerprint density at radius 2 is 1.00 bits per heavy atom. The van der Waals surface area contributed by atoms with E-state index in [9.17, 15) is 9.59 Å². The average Bonchev–Trinajstić information content (AvgIpc) is 2.66. The zero-order valence-electron chi connectivity index (χ0n) is 14.3. The number of rotatable bonds is 0. The predicted molar refractivity (Wildman–Crippen MR) is 101 cm³/mol. The number of carbonyl (C=O) groups is 2. The van der Waals surface area contributed by atoms with Crippen molar-refractivity contribution in [3.8, 4) is 11.4 Å². The van der Waals surface area contributed by atoms with Crippen LogP contribution < -0.4 is 0 Å². The minimum atomic E-state index is -0.497. The fourth-order valence-corrected chi connectivity index (χ4v) is 3.88. The van der Waals surface area contributed by atoms with Crippen LogP contribution in [-0.2, 0) is 0 Å². The monoisotopic (exact) mass is 338 g/mol. The van der Waals surface area contributed by atoms with Gasteiger partial charge in [-0.1, -0.05) is 36.4 Å². The second-order valence-corrected chi connectivity index (χ2v) is 6.61. The van der Waals surface area contributed by atoms with E-state index in [0.717, 1.165) is 32.9 Å². The molecule has 4 nitrogen and oxygen atoms in total. The van der Waals surface area contributed by atoms with Gasteiger partial charge in [-0.25, -0.2) is 9.97 Å². The molecule has 1 aliphatic rings. The maximum absolute atomic E-state index is 12.9. The van der Waals surface area contributed by atoms with E-state index in [-0.39, 0.29) is 0 Å². The molecule has 124 valence electrons. The number of fused-ring (bicyclic) bond motifs is 5. The van der Waals surface area contributed by atoms with Crippen LogP contribution in [0.3, 0.4) is 0 Å². The molecule has 0 amide bonds. The number of pyridine rings is 2. The molecule has 4 heteroatoms. The Morgan fingerprint density at radius 3 is 1.42 bits per heavy atom. The van der Waals surface area contributed by atoms with E-state index in [1.807, 2.05) is 62.4 Å². The number of para-hydroxylation sites is 2. The molecule has 0 saturated heterocycles. The smallest absolute Gasteiger partial charge is 0.236 e. The highest BCUT2D eigenvalue weighted by molar-refractivity contribution is 6.53. The van der Waals surface area contributed by atoms with Gasteiger partial charge in [-0.3, -0.25) is 9.59 Å². The molecular formula is C22H14N2O2. The Labute approximate surface area is 149 Å². The summed E-state index contributed by atoms with van der Waals surface area (Å²) in [7, 11) is 0. The SMILES string of the molecule is Cc1c2c(nc3ccccc13)-c1nc3ccccc3c(C)c1C(=O)C2=O. The maximum atomic E-state index is 12.9. The van der Waals surface area contributed by atoms with Gasteiger partial charge >= 0.3 is 0 Å². The highest BCUT2D eigenvalue weighted by atomic mass is 16.2. The van der Waals surface area contributed by atoms with Gasteiger partial charge in [0.25, 0.3) is 0 Å². The van der Waals surface area contributed by atoms with Crippen LogP contribution >= 0.6 is 0 Å². The van der Waals surface area contributed by atoms with E-state index in [0.29, 0.717) is 22.5 Å². The number of aromatic nitrogens is 2. The quantitative estimate of drug-likeness (QED) is 0.445. The highest BCUT2D eigenvalue weighted by Crippen LogP contribution is 2.38. The summed E-state index contributed by atoms with van der Waals surface area (Å²) < 4.78 is 0. The molecule has 2 aromatic heterocycles. The molecule has 0 saturated carbocycles. The number of hydrogen-bond acceptors (Lipinski definition) is 4. The second-order valence-electron chi connectivity index (χ2n) is 6.61. The molecule has 4 aromatic rings. The van der Waals surface area contributed by atoms with Crippen molar-refractivity contribution >= 4 is 33.4 Å². The lowest BCUT2D eigenvalue weighted by Crippen LogP contribution is -2.25. The second kappa shape index (κ2) is 5.05. The maximum Gasteiger partial charge on any atom is 0.236 e. The lowest BCUT2D eigenvalue weighted by molar-refractivity contribution is 0.0814. The first-order chi connectivity index (χ1) is 12.6. The molecule has 0 unspecified atom stereocenters. The van der Waals surface area contributed by atoms with E-state index in [1.54, 1.807) is 0 Å². The van der Waals surface area contributed by atoms with Crippen molar-refractivity contribution in [3.63, 3.8) is 0 Å². The molecule has 0 radical (unpaired) electrons. The van der Waals surface area contributed by atoms with Gasteiger partial charge in [0.15, 0.2) is 0 Å². The highest BCUT2D eigenvalue weighted by Gasteiger charge is 2.36. The van der Waals surface area contributed by atoms with Gasteiger partial charge in [-0.05, 0) is 37.1 Å². The number of benzene rings is 2. The van der Waals surface area contributed by atoms with E-state index >= 15 is 0 Å². The summed E-state index contributed by atoms with van der Waals surface area (Å²) in [5, 5.41) is 1.77. The molecule has 0 atom stereocenters. The summed E-state index contributed by atoms with van der Waals surface area (Å²) in [6.45, 7) is 3.74. The Balaban J connectivity index is 2.00. The fraction of sp³-hybridized carbons (Fsp3) is 0.0909. The largest absolute Gasteiger partial charge is 0.285 e. The van der Waals surface area contributed by atoms with Crippen molar-refractivity contribution in [3.05, 3.63) is 70.8 Å². The minimum absolute atomic E-state index is 0.378. The van der Waals surface area contributed by atoms with Crippen LogP contribution in [0.5, 0.6) is 0 Å². The van der Waals surface area contributed by atoms with Crippen molar-refractivity contribution < 1.29 is 9.59 Å². The molecule has 0 bridgehead atoms. The first-order valence-corrected chi connectivity index (χ1v) is 8.46. The van der Waals surface area contributed by atoms with E-state index in [4.69, 9.17) is 9.97 Å². The lowest BCUT2D eigenvalue weighted by atomic mass is 9.84. The number of ketones is 2. The summed E-state index contributed by atoms with van der Waals surface area (Å²) in [5.41, 5.74) is 4.93. The summed E-state index contributed by atoms with van der Waals surface area (Å²) in [6, 6.07) is 15.3. The van der Waals surface area contributed by atoms with Gasteiger partial charge in [-0.15, -0.1) is 0 Å². The van der Waals surface area contributed by atoms with E-state index in [2.05, 4.69) is 0 Å². The number of Topliss-reactive ketones (excluding diaryl/α,β-unsaturated/α-hetero) is 2. The van der Waals surface area contributed by atoms with Gasteiger partial charge in [0.05, 0.1) is 22.2 Å². The van der Waals surface area contributed by atoms with Crippen molar-refractivity contribution in [2.24, 2.45) is 0 Å². The van der Waals surface area contributed by atoms with Crippen molar-refractivity contribution in [1.29, 1.82) is 0 Å². The first-order valence-electron chi connectivity index (χ1n) is 8.46. The lowest BCUT2D eigenvalue weighted by Gasteiger charge is -2.21. The molecule has 1 aliphatic carbocycles. The van der Waals surface area contributed by atoms with Crippen LogP contribution in [0.2, 0.25) is 0 Å². The summed E-state index contributed by atoms with van der Waals surface area (Å²) in [4.78, 5) is 35.3. The van der Waals surface area contributed by atoms with Crippen LogP contribution in [0.25, 0.3) is 33.2 Å². The zero-order valence-corrected chi connectivity index (χ0v) is 14.3. The number of carbonyl (C=O) groups excluding carboxylic acids is 2. The van der Waals surface area contributed by atoms with Crippen molar-refractivity contribution in [1.82, 2.24) is 9.97 Å². The van der Waals surface area contributed by atoms with Crippen LogP contribution in [0.1, 0.15) is 31.8 Å². The van der Waals surface area contributed by atoms with E-state index in [1.165, 1.54) is 0 Å². The normalized spacial score (nSPS) is 13.2. The Kier molecular flexibility index (Phi) is 2.89. The topological polar surface area (TPSA) is 59.9 Å². The van der Waals surface area contributed by atoms with Crippen LogP contribution in [-0.4, -0.2) is 21.5 Å². The Hall–Kier alpha value is -3.40. The van der Waals surface area contributed by atoms with Crippen LogP contribution in [0.4, 0.5) is 0 Å². The van der Waals surface area contributed by atoms with Crippen LogP contribution in [0.15, 0.2) is 48.5 Å². The third kappa shape index (κ3) is 1.78. The van der Waals surface area contributed by atoms with Gasteiger partial charge in [0.2, 0.25) is 11.6 Å². The van der Waals surface area contributed by atoms with Gasteiger partial charge < -0.3 is 0 Å². The molecule has 2 heterocycles. The molecular weight excluding hydrogens is 324 g/mol. The van der Waals surface area contributed by atoms with Gasteiger partial charge in [0, 0.05) is 10.8 Å². The van der Waals surface area contributed by atoms with Crippen LogP contribution in [0, 0.1) is 13.8 Å². The average molecular weight is 338 g/mol. The standard InChI is InChI=1S/C22H14N2O2/c1-11-13-7-3-5-9-15(13)23-19-17(11)21(25)22(26)18-12(2)14-8-4-6-10-16(14)24-20(18)19/h3-10H,1-2H3. The number of aryl methyl sites for hydroxylation is 2. The Bertz CT molecular complexity index is 1190. The fourth-order valence-electron chi connectivity index (χ4n) is 3.88. The molecule has 0 fully saturated rings. The molecule has 0 aliphatic heterocycles. The number of nitrogens with zero attached hydrogens (tertiary/aromatic N) is 2. The molecule has 0 N–H and O–H groups in total. The first kappa shape index (κ1) is 14.9. The molecule has 0 spiro atoms. The summed E-state index contributed by atoms with van der Waals surface area (Å²) >= 11 is 0. The third-order valence-corrected chi connectivity index (χ3v) is 5.19. The molecule has 2 aromatic carbocycles. The van der Waals surface area contributed by atoms with Gasteiger partial charge in [-0.2, -0.15) is 0 Å². The van der Waals surface area contributed by atoms with Crippen molar-refractivity contribution in [2.75, 3.05) is 0 Å². The predicted octanol–water partition coefficient (Wildman–Crippen LogP) is 4.45. The third-order valence-electron chi connectivity index (χ3n) is 5.19. The van der Waals surface area contributed by atoms with E-state index < -0.39 is 11.6 Å². The molecule has 26 heavy (non-hydrogen) atoms. The number of hydrogen-bond donors (Lipinski definition) is 0. The minimum Gasteiger partial charge on any atom is -0.285 e. The molecule has 5 rings (SSSR count).